The number of halogens is 2. The number of amides is 2. The third-order valence-electron chi connectivity index (χ3n) is 8.51. The molecule has 34 heavy (non-hydrogen) atoms. The minimum absolute atomic E-state index is 0.0957. The lowest BCUT2D eigenvalue weighted by molar-refractivity contribution is -0.139. The Balaban J connectivity index is 1.36. The smallest absolute Gasteiger partial charge is 0.255 e. The lowest BCUT2D eigenvalue weighted by Crippen LogP contribution is -2.61. The fourth-order valence-corrected chi connectivity index (χ4v) is 6.46. The SMILES string of the molecule is C[C@@H]1C2C[C@@H](C[C@H]1NC(=O)C1CN(Cc3cccc(F)c3)N(c3ccc(Cl)cc3)C1=O)C2(C)C. The molecule has 1 saturated heterocycles. The lowest BCUT2D eigenvalue weighted by Gasteiger charge is -2.62. The Morgan fingerprint density at radius 1 is 1.18 bits per heavy atom. The number of hydrogen-bond donors (Lipinski definition) is 1. The van der Waals surface area contributed by atoms with Gasteiger partial charge in [0.15, 0.2) is 0 Å². The molecule has 2 bridgehead atoms. The van der Waals surface area contributed by atoms with Crippen LogP contribution < -0.4 is 10.3 Å². The third kappa shape index (κ3) is 4.01. The molecule has 4 fully saturated rings. The maximum absolute atomic E-state index is 13.8. The average Bonchev–Trinajstić information content (AvgIpc) is 3.11. The largest absolute Gasteiger partial charge is 0.352 e. The maximum atomic E-state index is 13.8. The van der Waals surface area contributed by atoms with Crippen molar-refractivity contribution in [3.05, 3.63) is 64.9 Å². The molecule has 1 aliphatic heterocycles. The highest BCUT2D eigenvalue weighted by molar-refractivity contribution is 6.30. The molecule has 5 nitrogen and oxygen atoms in total. The second-order valence-electron chi connectivity index (χ2n) is 10.7. The van der Waals surface area contributed by atoms with Crippen LogP contribution in [0.25, 0.3) is 0 Å². The fraction of sp³-hybridized carbons (Fsp3) is 0.481. The van der Waals surface area contributed by atoms with Gasteiger partial charge in [0.1, 0.15) is 11.7 Å². The Hall–Kier alpha value is -2.44. The molecule has 2 amide bonds. The summed E-state index contributed by atoms with van der Waals surface area (Å²) in [6, 6.07) is 13.4. The number of carbonyl (C=O) groups is 2. The van der Waals surface area contributed by atoms with E-state index in [1.54, 1.807) is 30.3 Å². The zero-order chi connectivity index (χ0) is 24.2. The van der Waals surface area contributed by atoms with Crippen molar-refractivity contribution in [3.63, 3.8) is 0 Å². The maximum Gasteiger partial charge on any atom is 0.255 e. The molecule has 7 heteroatoms. The summed E-state index contributed by atoms with van der Waals surface area (Å²) in [5, 5.41) is 7.14. The number of carbonyl (C=O) groups excluding carboxylic acids is 2. The van der Waals surface area contributed by atoms with Gasteiger partial charge in [-0.05, 0) is 78.0 Å². The first kappa shape index (κ1) is 23.3. The van der Waals surface area contributed by atoms with Crippen molar-refractivity contribution in [2.45, 2.75) is 46.2 Å². The summed E-state index contributed by atoms with van der Waals surface area (Å²) in [6.07, 6.45) is 2.19. The molecule has 0 radical (unpaired) electrons. The van der Waals surface area contributed by atoms with E-state index < -0.39 is 5.92 Å². The van der Waals surface area contributed by atoms with Gasteiger partial charge in [0, 0.05) is 24.2 Å². The van der Waals surface area contributed by atoms with Gasteiger partial charge in [-0.2, -0.15) is 0 Å². The van der Waals surface area contributed by atoms with Crippen LogP contribution in [0, 0.1) is 34.9 Å². The summed E-state index contributed by atoms with van der Waals surface area (Å²) in [5.41, 5.74) is 1.70. The van der Waals surface area contributed by atoms with Gasteiger partial charge in [0.25, 0.3) is 5.91 Å². The monoisotopic (exact) mass is 483 g/mol. The van der Waals surface area contributed by atoms with Gasteiger partial charge < -0.3 is 5.32 Å². The topological polar surface area (TPSA) is 52.7 Å². The number of benzene rings is 2. The predicted molar refractivity (Wildman–Crippen MR) is 130 cm³/mol. The summed E-state index contributed by atoms with van der Waals surface area (Å²) >= 11 is 6.05. The average molecular weight is 484 g/mol. The van der Waals surface area contributed by atoms with E-state index in [0.29, 0.717) is 40.4 Å². The molecule has 0 spiro atoms. The van der Waals surface area contributed by atoms with Crippen molar-refractivity contribution in [1.29, 1.82) is 0 Å². The number of nitrogens with zero attached hydrogens (tertiary/aromatic N) is 2. The van der Waals surface area contributed by atoms with Crippen LogP contribution in [0.3, 0.4) is 0 Å². The first-order valence-electron chi connectivity index (χ1n) is 12.0. The predicted octanol–water partition coefficient (Wildman–Crippen LogP) is 5.05. The highest BCUT2D eigenvalue weighted by Crippen LogP contribution is 2.61. The Kier molecular flexibility index (Phi) is 5.93. The normalized spacial score (nSPS) is 30.2. The molecule has 2 aromatic rings. The van der Waals surface area contributed by atoms with Crippen molar-refractivity contribution in [2.24, 2.45) is 29.1 Å². The van der Waals surface area contributed by atoms with E-state index in [2.05, 4.69) is 26.1 Å². The summed E-state index contributed by atoms with van der Waals surface area (Å²) in [6.45, 7) is 7.43. The molecule has 5 atom stereocenters. The second-order valence-corrected chi connectivity index (χ2v) is 11.2. The van der Waals surface area contributed by atoms with Crippen LogP contribution in [-0.4, -0.2) is 29.4 Å². The van der Waals surface area contributed by atoms with E-state index in [-0.39, 0.29) is 30.2 Å². The van der Waals surface area contributed by atoms with E-state index in [4.69, 9.17) is 11.6 Å². The highest BCUT2D eigenvalue weighted by atomic mass is 35.5. The molecule has 180 valence electrons. The molecule has 1 heterocycles. The first-order valence-corrected chi connectivity index (χ1v) is 12.4. The number of fused-ring (bicyclic) bond motifs is 2. The van der Waals surface area contributed by atoms with Gasteiger partial charge in [-0.25, -0.2) is 14.4 Å². The summed E-state index contributed by atoms with van der Waals surface area (Å²) in [5.74, 6) is -0.0342. The number of rotatable bonds is 5. The van der Waals surface area contributed by atoms with Crippen LogP contribution in [0.1, 0.15) is 39.2 Å². The number of nitrogens with one attached hydrogen (secondary N) is 1. The quantitative estimate of drug-likeness (QED) is 0.606. The van der Waals surface area contributed by atoms with Crippen LogP contribution >= 0.6 is 11.6 Å². The van der Waals surface area contributed by atoms with Crippen LogP contribution in [0.4, 0.5) is 10.1 Å². The van der Waals surface area contributed by atoms with E-state index in [1.165, 1.54) is 23.6 Å². The summed E-state index contributed by atoms with van der Waals surface area (Å²) < 4.78 is 13.8. The zero-order valence-electron chi connectivity index (χ0n) is 19.8. The molecule has 4 aliphatic rings. The van der Waals surface area contributed by atoms with E-state index in [1.807, 2.05) is 11.1 Å². The number of anilines is 1. The van der Waals surface area contributed by atoms with E-state index >= 15 is 0 Å². The standard InChI is InChI=1S/C27H31ClFN3O2/c1-16-23-12-18(27(23,2)3)13-24(16)30-25(33)22-15-31(14-17-5-4-6-20(29)11-17)32(26(22)34)21-9-7-19(28)8-10-21/h4-11,16,18,22-24H,12-15H2,1-3H3,(H,30,33)/t16-,18+,22?,23?,24-/m1/s1. The van der Waals surface area contributed by atoms with Crippen molar-refractivity contribution >= 4 is 29.1 Å². The summed E-state index contributed by atoms with van der Waals surface area (Å²) in [7, 11) is 0. The van der Waals surface area contributed by atoms with Gasteiger partial charge in [-0.3, -0.25) is 9.59 Å². The third-order valence-corrected chi connectivity index (χ3v) is 8.76. The van der Waals surface area contributed by atoms with Crippen LogP contribution in [0.2, 0.25) is 5.02 Å². The molecular weight excluding hydrogens is 453 g/mol. The molecule has 3 aliphatic carbocycles. The highest BCUT2D eigenvalue weighted by Gasteiger charge is 2.57. The molecule has 2 aromatic carbocycles. The van der Waals surface area contributed by atoms with E-state index in [0.717, 1.165) is 12.0 Å². The van der Waals surface area contributed by atoms with Crippen LogP contribution in [0.15, 0.2) is 48.5 Å². The molecule has 6 rings (SSSR count). The van der Waals surface area contributed by atoms with Gasteiger partial charge in [0.2, 0.25) is 5.91 Å². The van der Waals surface area contributed by atoms with Crippen molar-refractivity contribution < 1.29 is 14.0 Å². The first-order chi connectivity index (χ1) is 16.1. The second kappa shape index (κ2) is 8.65. The van der Waals surface area contributed by atoms with Crippen molar-refractivity contribution in [2.75, 3.05) is 11.6 Å². The van der Waals surface area contributed by atoms with Gasteiger partial charge in [-0.15, -0.1) is 0 Å². The van der Waals surface area contributed by atoms with Crippen LogP contribution in [0.5, 0.6) is 0 Å². The Morgan fingerprint density at radius 2 is 1.91 bits per heavy atom. The molecule has 1 N–H and O–H groups in total. The molecule has 0 aromatic heterocycles. The Bertz CT molecular complexity index is 1110. The fourth-order valence-electron chi connectivity index (χ4n) is 6.33. The van der Waals surface area contributed by atoms with E-state index in [9.17, 15) is 14.0 Å². The zero-order valence-corrected chi connectivity index (χ0v) is 20.6. The molecule has 2 unspecified atom stereocenters. The Labute approximate surface area is 205 Å². The van der Waals surface area contributed by atoms with Crippen molar-refractivity contribution in [1.82, 2.24) is 10.3 Å². The minimum atomic E-state index is -0.817. The minimum Gasteiger partial charge on any atom is -0.352 e. The van der Waals surface area contributed by atoms with Crippen molar-refractivity contribution in [3.8, 4) is 0 Å². The van der Waals surface area contributed by atoms with Gasteiger partial charge in [-0.1, -0.05) is 44.5 Å². The Morgan fingerprint density at radius 3 is 2.56 bits per heavy atom. The molecular formula is C27H31ClFN3O2. The summed E-state index contributed by atoms with van der Waals surface area (Å²) in [4.78, 5) is 26.9. The van der Waals surface area contributed by atoms with Gasteiger partial charge >= 0.3 is 0 Å². The van der Waals surface area contributed by atoms with Crippen LogP contribution in [-0.2, 0) is 16.1 Å². The van der Waals surface area contributed by atoms with Gasteiger partial charge in [0.05, 0.1) is 5.69 Å². The molecule has 3 saturated carbocycles. The number of hydrazine groups is 1. The lowest BCUT2D eigenvalue weighted by atomic mass is 9.45. The number of hydrogen-bond acceptors (Lipinski definition) is 3.